The molecule has 0 saturated carbocycles. The van der Waals surface area contributed by atoms with Gasteiger partial charge in [-0.25, -0.2) is 4.39 Å². The zero-order valence-corrected chi connectivity index (χ0v) is 14.3. The highest BCUT2D eigenvalue weighted by atomic mass is 19.1. The number of hydrogen-bond acceptors (Lipinski definition) is 3. The van der Waals surface area contributed by atoms with Gasteiger partial charge in [0.25, 0.3) is 0 Å². The van der Waals surface area contributed by atoms with Crippen molar-refractivity contribution in [1.82, 2.24) is 4.90 Å². The quantitative estimate of drug-likeness (QED) is 0.795. The van der Waals surface area contributed by atoms with Crippen molar-refractivity contribution in [3.63, 3.8) is 0 Å². The number of likely N-dealkylation sites (N-methyl/N-ethyl adjacent to an activating group) is 1. The van der Waals surface area contributed by atoms with Crippen LogP contribution in [0, 0.1) is 25.1 Å². The van der Waals surface area contributed by atoms with Gasteiger partial charge in [-0.05, 0) is 55.4 Å². The molecule has 5 heteroatoms. The van der Waals surface area contributed by atoms with E-state index in [1.165, 1.54) is 12.1 Å². The zero-order valence-electron chi connectivity index (χ0n) is 14.3. The number of nitrogens with one attached hydrogen (secondary N) is 1. The maximum Gasteiger partial charge on any atom is 0.238 e. The number of nitrogens with zero attached hydrogens (tertiary/aromatic N) is 1. The fraction of sp³-hybridized carbons (Fsp3) is 0.250. The monoisotopic (exact) mass is 340 g/mol. The zero-order chi connectivity index (χ0) is 18.4. The van der Waals surface area contributed by atoms with Gasteiger partial charge in [0.2, 0.25) is 5.91 Å². The Balaban J connectivity index is 1.91. The lowest BCUT2D eigenvalue weighted by molar-refractivity contribution is -0.117. The second kappa shape index (κ2) is 8.43. The minimum absolute atomic E-state index is 0.109. The Morgan fingerprint density at radius 3 is 2.80 bits per heavy atom. The third-order valence-corrected chi connectivity index (χ3v) is 3.80. The SMILES string of the molecule is C#Cc1cccc(NC(=O)CN(C)CC(O)c2ccc(F)cc2C)c1. The number of aryl methyl sites for hydroxylation is 1. The minimum atomic E-state index is -0.803. The summed E-state index contributed by atoms with van der Waals surface area (Å²) in [5.74, 6) is 1.97. The summed E-state index contributed by atoms with van der Waals surface area (Å²) in [4.78, 5) is 13.8. The van der Waals surface area contributed by atoms with Crippen molar-refractivity contribution < 1.29 is 14.3 Å². The van der Waals surface area contributed by atoms with E-state index in [1.54, 1.807) is 49.2 Å². The molecule has 1 atom stereocenters. The molecule has 0 aromatic heterocycles. The third-order valence-electron chi connectivity index (χ3n) is 3.80. The van der Waals surface area contributed by atoms with Crippen molar-refractivity contribution in [3.05, 3.63) is 65.0 Å². The predicted molar refractivity (Wildman–Crippen MR) is 96.6 cm³/mol. The molecule has 0 heterocycles. The molecule has 0 spiro atoms. The molecular formula is C20H21FN2O2. The molecule has 1 unspecified atom stereocenters. The molecule has 2 aromatic rings. The second-order valence-corrected chi connectivity index (χ2v) is 5.99. The topological polar surface area (TPSA) is 52.6 Å². The maximum absolute atomic E-state index is 13.1. The van der Waals surface area contributed by atoms with Gasteiger partial charge in [0.15, 0.2) is 0 Å². The standard InChI is InChI=1S/C20H21FN2O2/c1-4-15-6-5-7-17(11-15)22-20(25)13-23(3)12-19(24)18-9-8-16(21)10-14(18)2/h1,5-11,19,24H,12-13H2,2-3H3,(H,22,25). The van der Waals surface area contributed by atoms with E-state index in [-0.39, 0.29) is 24.8 Å². The number of hydrogen-bond donors (Lipinski definition) is 2. The van der Waals surface area contributed by atoms with E-state index in [2.05, 4.69) is 11.2 Å². The number of anilines is 1. The first-order valence-corrected chi connectivity index (χ1v) is 7.88. The van der Waals surface area contributed by atoms with Crippen LogP contribution in [0.15, 0.2) is 42.5 Å². The fourth-order valence-corrected chi connectivity index (χ4v) is 2.60. The summed E-state index contributed by atoms with van der Waals surface area (Å²) >= 11 is 0. The van der Waals surface area contributed by atoms with Crippen LogP contribution in [0.3, 0.4) is 0 Å². The smallest absolute Gasteiger partial charge is 0.238 e. The Labute approximate surface area is 147 Å². The Morgan fingerprint density at radius 2 is 2.12 bits per heavy atom. The van der Waals surface area contributed by atoms with Crippen LogP contribution >= 0.6 is 0 Å². The molecule has 2 N–H and O–H groups in total. The van der Waals surface area contributed by atoms with Gasteiger partial charge in [0.05, 0.1) is 12.6 Å². The lowest BCUT2D eigenvalue weighted by atomic mass is 10.0. The van der Waals surface area contributed by atoms with Crippen molar-refractivity contribution >= 4 is 11.6 Å². The molecule has 0 aliphatic carbocycles. The number of benzene rings is 2. The van der Waals surface area contributed by atoms with Crippen LogP contribution in [0.2, 0.25) is 0 Å². The molecule has 0 aliphatic rings. The Morgan fingerprint density at radius 1 is 1.36 bits per heavy atom. The van der Waals surface area contributed by atoms with Crippen LogP contribution in [0.25, 0.3) is 0 Å². The minimum Gasteiger partial charge on any atom is -0.387 e. The number of aliphatic hydroxyl groups is 1. The van der Waals surface area contributed by atoms with E-state index < -0.39 is 6.10 Å². The normalized spacial score (nSPS) is 11.8. The van der Waals surface area contributed by atoms with Gasteiger partial charge in [-0.15, -0.1) is 6.42 Å². The molecule has 25 heavy (non-hydrogen) atoms. The molecule has 2 rings (SSSR count). The van der Waals surface area contributed by atoms with E-state index in [4.69, 9.17) is 6.42 Å². The van der Waals surface area contributed by atoms with E-state index in [1.807, 2.05) is 0 Å². The van der Waals surface area contributed by atoms with Crippen LogP contribution in [-0.2, 0) is 4.79 Å². The molecule has 0 radical (unpaired) electrons. The van der Waals surface area contributed by atoms with Crippen molar-refractivity contribution in [2.75, 3.05) is 25.5 Å². The highest BCUT2D eigenvalue weighted by Gasteiger charge is 2.15. The predicted octanol–water partition coefficient (Wildman–Crippen LogP) is 2.72. The van der Waals surface area contributed by atoms with Crippen molar-refractivity contribution in [3.8, 4) is 12.3 Å². The first kappa shape index (κ1) is 18.7. The number of carbonyl (C=O) groups is 1. The molecule has 2 aromatic carbocycles. The van der Waals surface area contributed by atoms with Crippen LogP contribution in [0.5, 0.6) is 0 Å². The Hall–Kier alpha value is -2.68. The number of aliphatic hydroxyl groups excluding tert-OH is 1. The van der Waals surface area contributed by atoms with Gasteiger partial charge in [0.1, 0.15) is 5.82 Å². The summed E-state index contributed by atoms with van der Waals surface area (Å²) in [5, 5.41) is 13.1. The summed E-state index contributed by atoms with van der Waals surface area (Å²) in [6.45, 7) is 2.11. The van der Waals surface area contributed by atoms with Gasteiger partial charge in [0, 0.05) is 17.8 Å². The summed E-state index contributed by atoms with van der Waals surface area (Å²) in [6, 6.07) is 11.3. The molecule has 1 amide bonds. The number of halogens is 1. The fourth-order valence-electron chi connectivity index (χ4n) is 2.60. The van der Waals surface area contributed by atoms with E-state index in [9.17, 15) is 14.3 Å². The average Bonchev–Trinajstić information content (AvgIpc) is 2.54. The van der Waals surface area contributed by atoms with E-state index in [0.717, 1.165) is 0 Å². The number of amides is 1. The van der Waals surface area contributed by atoms with Crippen molar-refractivity contribution in [2.24, 2.45) is 0 Å². The maximum atomic E-state index is 13.1. The van der Waals surface area contributed by atoms with E-state index in [0.29, 0.717) is 22.4 Å². The molecule has 0 saturated heterocycles. The largest absolute Gasteiger partial charge is 0.387 e. The van der Waals surface area contributed by atoms with Crippen LogP contribution in [0.4, 0.5) is 10.1 Å². The Kier molecular flexibility index (Phi) is 6.29. The van der Waals surface area contributed by atoms with Crippen molar-refractivity contribution in [1.29, 1.82) is 0 Å². The lowest BCUT2D eigenvalue weighted by Gasteiger charge is -2.21. The first-order chi connectivity index (χ1) is 11.9. The summed E-state index contributed by atoms with van der Waals surface area (Å²) in [7, 11) is 1.74. The molecule has 130 valence electrons. The summed E-state index contributed by atoms with van der Waals surface area (Å²) in [6.07, 6.45) is 4.54. The van der Waals surface area contributed by atoms with Crippen LogP contribution < -0.4 is 5.32 Å². The van der Waals surface area contributed by atoms with Gasteiger partial charge in [-0.2, -0.15) is 0 Å². The second-order valence-electron chi connectivity index (χ2n) is 5.99. The van der Waals surface area contributed by atoms with Gasteiger partial charge in [-0.3, -0.25) is 9.69 Å². The molecule has 0 fully saturated rings. The van der Waals surface area contributed by atoms with Crippen LogP contribution in [0.1, 0.15) is 22.8 Å². The molecular weight excluding hydrogens is 319 g/mol. The summed E-state index contributed by atoms with van der Waals surface area (Å²) in [5.41, 5.74) is 2.64. The number of terminal acetylenes is 1. The van der Waals surface area contributed by atoms with E-state index >= 15 is 0 Å². The summed E-state index contributed by atoms with van der Waals surface area (Å²) < 4.78 is 13.1. The average molecular weight is 340 g/mol. The van der Waals surface area contributed by atoms with Crippen LogP contribution in [-0.4, -0.2) is 36.1 Å². The van der Waals surface area contributed by atoms with Gasteiger partial charge >= 0.3 is 0 Å². The Bertz CT molecular complexity index is 799. The first-order valence-electron chi connectivity index (χ1n) is 7.88. The lowest BCUT2D eigenvalue weighted by Crippen LogP contribution is -2.33. The molecule has 4 nitrogen and oxygen atoms in total. The number of carbonyl (C=O) groups excluding carboxylic acids is 1. The molecule has 0 aliphatic heterocycles. The third kappa shape index (κ3) is 5.42. The van der Waals surface area contributed by atoms with Gasteiger partial charge in [-0.1, -0.05) is 18.1 Å². The highest BCUT2D eigenvalue weighted by molar-refractivity contribution is 5.92. The van der Waals surface area contributed by atoms with Crippen molar-refractivity contribution in [2.45, 2.75) is 13.0 Å². The number of rotatable bonds is 6. The highest BCUT2D eigenvalue weighted by Crippen LogP contribution is 2.19. The van der Waals surface area contributed by atoms with Gasteiger partial charge < -0.3 is 10.4 Å². The molecule has 0 bridgehead atoms.